The molecule has 0 aromatic heterocycles. The van der Waals surface area contributed by atoms with Crippen LogP contribution in [0.4, 0.5) is 5.69 Å². The molecule has 2 aromatic carbocycles. The zero-order valence-electron chi connectivity index (χ0n) is 15.8. The molecule has 1 saturated heterocycles. The molecule has 0 saturated carbocycles. The Bertz CT molecular complexity index is 1130. The van der Waals surface area contributed by atoms with Crippen LogP contribution in [-0.2, 0) is 29.4 Å². The molecule has 0 bridgehead atoms. The summed E-state index contributed by atoms with van der Waals surface area (Å²) in [6.07, 6.45) is 0.328. The van der Waals surface area contributed by atoms with E-state index in [4.69, 9.17) is 4.74 Å². The van der Waals surface area contributed by atoms with Gasteiger partial charge in [0, 0.05) is 11.7 Å². The van der Waals surface area contributed by atoms with Crippen molar-refractivity contribution in [2.24, 2.45) is 0 Å². The number of hydrogen-bond donors (Lipinski definition) is 2. The van der Waals surface area contributed by atoms with E-state index >= 15 is 0 Å². The minimum atomic E-state index is -3.82. The maximum Gasteiger partial charge on any atom is 0.338 e. The molecule has 0 spiro atoms. The molecule has 30 heavy (non-hydrogen) atoms. The van der Waals surface area contributed by atoms with Crippen LogP contribution in [0, 0.1) is 0 Å². The van der Waals surface area contributed by atoms with Gasteiger partial charge in [-0.05, 0) is 42.8 Å². The van der Waals surface area contributed by atoms with Crippen LogP contribution < -0.4 is 10.0 Å². The lowest BCUT2D eigenvalue weighted by Gasteiger charge is -2.11. The molecule has 11 heteroatoms. The van der Waals surface area contributed by atoms with Crippen molar-refractivity contribution in [2.45, 2.75) is 17.4 Å². The highest BCUT2D eigenvalue weighted by Crippen LogP contribution is 2.17. The summed E-state index contributed by atoms with van der Waals surface area (Å²) in [6.45, 7) is -0.564. The molecule has 1 fully saturated rings. The number of nitrogens with one attached hydrogen (secondary N) is 2. The number of esters is 1. The highest BCUT2D eigenvalue weighted by Gasteiger charge is 2.29. The zero-order chi connectivity index (χ0) is 21.8. The van der Waals surface area contributed by atoms with Crippen molar-refractivity contribution in [2.75, 3.05) is 22.8 Å². The van der Waals surface area contributed by atoms with Crippen molar-refractivity contribution in [1.29, 1.82) is 0 Å². The van der Waals surface area contributed by atoms with Crippen LogP contribution in [0.5, 0.6) is 0 Å². The van der Waals surface area contributed by atoms with E-state index in [1.165, 1.54) is 24.3 Å². The third-order valence-electron chi connectivity index (χ3n) is 4.36. The van der Waals surface area contributed by atoms with Crippen LogP contribution in [-0.4, -0.2) is 52.9 Å². The van der Waals surface area contributed by atoms with Gasteiger partial charge in [-0.25, -0.2) is 21.6 Å². The highest BCUT2D eigenvalue weighted by atomic mass is 32.2. The van der Waals surface area contributed by atoms with E-state index in [-0.39, 0.29) is 22.0 Å². The molecule has 1 aliphatic rings. The van der Waals surface area contributed by atoms with Crippen molar-refractivity contribution >= 4 is 37.4 Å². The highest BCUT2D eigenvalue weighted by molar-refractivity contribution is 7.92. The Hall–Kier alpha value is -2.92. The molecule has 1 unspecified atom stereocenters. The van der Waals surface area contributed by atoms with Crippen molar-refractivity contribution in [3.8, 4) is 0 Å². The Kier molecular flexibility index (Phi) is 6.42. The number of para-hydroxylation sites is 1. The largest absolute Gasteiger partial charge is 0.452 e. The lowest BCUT2D eigenvalue weighted by atomic mass is 10.2. The zero-order valence-corrected chi connectivity index (χ0v) is 17.4. The van der Waals surface area contributed by atoms with E-state index in [2.05, 4.69) is 10.0 Å². The molecule has 1 atom stereocenters. The summed E-state index contributed by atoms with van der Waals surface area (Å²) in [4.78, 5) is 23.9. The lowest BCUT2D eigenvalue weighted by Crippen LogP contribution is -2.38. The molecule has 3 rings (SSSR count). The number of carbonyl (C=O) groups is 2. The van der Waals surface area contributed by atoms with Crippen molar-refractivity contribution < 1.29 is 31.2 Å². The molecule has 9 nitrogen and oxygen atoms in total. The maximum atomic E-state index is 12.4. The molecule has 1 aliphatic heterocycles. The van der Waals surface area contributed by atoms with Gasteiger partial charge >= 0.3 is 5.97 Å². The first-order valence-electron chi connectivity index (χ1n) is 8.99. The summed E-state index contributed by atoms with van der Waals surface area (Å²) in [7, 11) is -6.95. The summed E-state index contributed by atoms with van der Waals surface area (Å²) in [5.41, 5.74) is 0.479. The smallest absolute Gasteiger partial charge is 0.338 e. The fourth-order valence-electron chi connectivity index (χ4n) is 2.88. The molecule has 1 heterocycles. The first-order valence-corrected chi connectivity index (χ1v) is 12.3. The van der Waals surface area contributed by atoms with E-state index in [1.54, 1.807) is 30.3 Å². The van der Waals surface area contributed by atoms with Crippen LogP contribution in [0.1, 0.15) is 16.8 Å². The van der Waals surface area contributed by atoms with E-state index in [0.29, 0.717) is 12.1 Å². The fourth-order valence-corrected chi connectivity index (χ4v) is 5.62. The lowest BCUT2D eigenvalue weighted by molar-refractivity contribution is -0.124. The predicted molar refractivity (Wildman–Crippen MR) is 109 cm³/mol. The van der Waals surface area contributed by atoms with Crippen LogP contribution >= 0.6 is 0 Å². The van der Waals surface area contributed by atoms with Gasteiger partial charge in [0.1, 0.15) is 0 Å². The van der Waals surface area contributed by atoms with Gasteiger partial charge in [0.15, 0.2) is 16.4 Å². The van der Waals surface area contributed by atoms with Crippen LogP contribution in [0.15, 0.2) is 59.5 Å². The van der Waals surface area contributed by atoms with Gasteiger partial charge in [0.05, 0.1) is 22.0 Å². The van der Waals surface area contributed by atoms with Gasteiger partial charge in [0.2, 0.25) is 0 Å². The van der Waals surface area contributed by atoms with Gasteiger partial charge in [-0.1, -0.05) is 18.2 Å². The number of amides is 1. The summed E-state index contributed by atoms with van der Waals surface area (Å²) >= 11 is 0. The number of carbonyl (C=O) groups excluding carboxylic acids is 2. The third-order valence-corrected chi connectivity index (χ3v) is 7.52. The average molecular weight is 453 g/mol. The second-order valence-corrected chi connectivity index (χ2v) is 10.7. The van der Waals surface area contributed by atoms with E-state index in [1.807, 2.05) is 0 Å². The second-order valence-electron chi connectivity index (χ2n) is 6.74. The molecule has 0 aliphatic carbocycles. The molecule has 1 amide bonds. The quantitative estimate of drug-likeness (QED) is 0.597. The predicted octanol–water partition coefficient (Wildman–Crippen LogP) is 0.947. The molecule has 2 aromatic rings. The first kappa shape index (κ1) is 21.8. The molecule has 160 valence electrons. The number of sulfone groups is 1. The number of hydrogen-bond acceptors (Lipinski definition) is 7. The summed E-state index contributed by atoms with van der Waals surface area (Å²) < 4.78 is 54.9. The molecule has 0 radical (unpaired) electrons. The van der Waals surface area contributed by atoms with Gasteiger partial charge in [0.25, 0.3) is 15.9 Å². The van der Waals surface area contributed by atoms with Crippen LogP contribution in [0.2, 0.25) is 0 Å². The number of rotatable bonds is 7. The molecular formula is C19H20N2O7S2. The summed E-state index contributed by atoms with van der Waals surface area (Å²) in [5, 5.41) is 2.51. The molecule has 2 N–H and O–H groups in total. The number of benzene rings is 2. The van der Waals surface area contributed by atoms with Crippen molar-refractivity contribution in [1.82, 2.24) is 5.32 Å². The average Bonchev–Trinajstić information content (AvgIpc) is 3.05. The number of sulfonamides is 1. The van der Waals surface area contributed by atoms with E-state index in [0.717, 1.165) is 0 Å². The maximum absolute atomic E-state index is 12.4. The Morgan fingerprint density at radius 2 is 1.70 bits per heavy atom. The topological polar surface area (TPSA) is 136 Å². The second kappa shape index (κ2) is 8.84. The van der Waals surface area contributed by atoms with E-state index < -0.39 is 44.4 Å². The fraction of sp³-hybridized carbons (Fsp3) is 0.263. The van der Waals surface area contributed by atoms with Gasteiger partial charge in [-0.2, -0.15) is 0 Å². The SMILES string of the molecule is O=C(COC(=O)c1ccc(S(=O)(=O)Nc2ccccc2)cc1)NC1CCS(=O)(=O)C1. The Labute approximate surface area is 174 Å². The Balaban J connectivity index is 1.54. The van der Waals surface area contributed by atoms with Gasteiger partial charge < -0.3 is 10.1 Å². The third kappa shape index (κ3) is 5.80. The molecular weight excluding hydrogens is 432 g/mol. The standard InChI is InChI=1S/C19H20N2O7S2/c22-18(20-16-10-11-29(24,25)13-16)12-28-19(23)14-6-8-17(9-7-14)30(26,27)21-15-4-2-1-3-5-15/h1-9,16,21H,10-13H2,(H,20,22). The monoisotopic (exact) mass is 452 g/mol. The summed E-state index contributed by atoms with van der Waals surface area (Å²) in [6, 6.07) is 12.9. The first-order chi connectivity index (χ1) is 14.1. The minimum Gasteiger partial charge on any atom is -0.452 e. The Morgan fingerprint density at radius 1 is 1.03 bits per heavy atom. The van der Waals surface area contributed by atoms with Gasteiger partial charge in [-0.3, -0.25) is 9.52 Å². The van der Waals surface area contributed by atoms with Gasteiger partial charge in [-0.15, -0.1) is 0 Å². The van der Waals surface area contributed by atoms with Crippen molar-refractivity contribution in [3.05, 3.63) is 60.2 Å². The summed E-state index contributed by atoms with van der Waals surface area (Å²) in [5.74, 6) is -1.51. The van der Waals surface area contributed by atoms with E-state index in [9.17, 15) is 26.4 Å². The van der Waals surface area contributed by atoms with Crippen LogP contribution in [0.3, 0.4) is 0 Å². The van der Waals surface area contributed by atoms with Crippen LogP contribution in [0.25, 0.3) is 0 Å². The number of anilines is 1. The number of ether oxygens (including phenoxy) is 1. The van der Waals surface area contributed by atoms with Crippen molar-refractivity contribution in [3.63, 3.8) is 0 Å². The minimum absolute atomic E-state index is 0.0200. The Morgan fingerprint density at radius 3 is 2.30 bits per heavy atom. The normalized spacial score (nSPS) is 17.8.